The van der Waals surface area contributed by atoms with Gasteiger partial charge >= 0.3 is 41.5 Å². The summed E-state index contributed by atoms with van der Waals surface area (Å²) in [6.07, 6.45) is 7.34. The summed E-state index contributed by atoms with van der Waals surface area (Å²) in [6.45, 7) is -0.942. The maximum atomic E-state index is 13.9. The van der Waals surface area contributed by atoms with Crippen LogP contribution in [0.4, 0.5) is 20.2 Å². The van der Waals surface area contributed by atoms with Gasteiger partial charge < -0.3 is 14.8 Å². The number of nitrogens with one attached hydrogen (secondary N) is 1. The van der Waals surface area contributed by atoms with Gasteiger partial charge in [-0.05, 0) is 77.9 Å². The van der Waals surface area contributed by atoms with Gasteiger partial charge in [0, 0.05) is 50.6 Å². The number of halogens is 4. The summed E-state index contributed by atoms with van der Waals surface area (Å²) < 4.78 is 70.0. The van der Waals surface area contributed by atoms with Crippen molar-refractivity contribution in [3.8, 4) is 0 Å². The average Bonchev–Trinajstić information content (AvgIpc) is 3.05. The number of aliphatic imine (C=N–C) groups is 1. The Bertz CT molecular complexity index is 1850. The molecule has 0 heterocycles. The Morgan fingerprint density at radius 3 is 2.02 bits per heavy atom. The number of rotatable bonds is 9. The van der Waals surface area contributed by atoms with Crippen molar-refractivity contribution >= 4 is 81.8 Å². The number of carbonyl (C=O) groups is 2. The van der Waals surface area contributed by atoms with E-state index in [1.807, 2.05) is 18.2 Å². The molecule has 4 aromatic carbocycles. The Kier molecular flexibility index (Phi) is 15.2. The Balaban J connectivity index is 0.000000443. The molecule has 0 aromatic heterocycles. The first-order valence-electron chi connectivity index (χ1n) is 15.8. The largest absolute Gasteiger partial charge is 1.00 e. The topological polar surface area (TPSA) is 77.0 Å². The average molecular weight is 769 g/mol. The quantitative estimate of drug-likeness (QED) is 0.118. The van der Waals surface area contributed by atoms with Crippen LogP contribution >= 0.6 is 31.9 Å². The molecule has 1 unspecified atom stereocenters. The second-order valence-corrected chi connectivity index (χ2v) is 10.6. The smallest absolute Gasteiger partial charge is 0.466 e. The molecule has 4 rings (SSSR count). The van der Waals surface area contributed by atoms with Crippen LogP contribution in [0.2, 0.25) is 0 Å². The zero-order valence-corrected chi connectivity index (χ0v) is 30.4. The summed E-state index contributed by atoms with van der Waals surface area (Å²) >= 11 is 6.40. The molecule has 1 N–H and O–H groups in total. The van der Waals surface area contributed by atoms with Crippen LogP contribution in [0.25, 0.3) is 12.2 Å². The molecule has 0 bridgehead atoms. The fourth-order valence-corrected chi connectivity index (χ4v) is 4.10. The maximum absolute atomic E-state index is 13.9. The van der Waals surface area contributed by atoms with Crippen molar-refractivity contribution in [1.29, 1.82) is 5.34 Å². The molecule has 0 spiro atoms. The molecule has 0 fully saturated rings. The summed E-state index contributed by atoms with van der Waals surface area (Å²) in [4.78, 5) is 26.4. The summed E-state index contributed by atoms with van der Waals surface area (Å²) in [5, 5.41) is 2.92. The monoisotopic (exact) mass is 767 g/mol. The van der Waals surface area contributed by atoms with Gasteiger partial charge in [-0.3, -0.25) is 4.99 Å². The van der Waals surface area contributed by atoms with E-state index in [0.29, 0.717) is 25.9 Å². The number of benzene rings is 4. The molecule has 4 aromatic rings. The van der Waals surface area contributed by atoms with Crippen molar-refractivity contribution in [2.24, 2.45) is 4.99 Å². The number of hydrogen-bond acceptors (Lipinski definition) is 6. The van der Waals surface area contributed by atoms with Crippen LogP contribution in [0.15, 0.2) is 111 Å². The van der Waals surface area contributed by atoms with E-state index < -0.39 is 32.5 Å². The molecule has 234 valence electrons. The minimum atomic E-state index is -3.00. The molecular formula is C34H32BBr2F2N2NaO4. The van der Waals surface area contributed by atoms with E-state index in [9.17, 15) is 18.4 Å². The van der Waals surface area contributed by atoms with Crippen molar-refractivity contribution in [3.05, 3.63) is 140 Å². The van der Waals surface area contributed by atoms with Gasteiger partial charge in [0.25, 0.3) is 0 Å². The molecule has 46 heavy (non-hydrogen) atoms. The molecule has 0 saturated carbocycles. The molecule has 0 aliphatic carbocycles. The second-order valence-electron chi connectivity index (χ2n) is 8.81. The molecule has 12 heteroatoms. The van der Waals surface area contributed by atoms with E-state index in [0.717, 1.165) is 11.1 Å². The second kappa shape index (κ2) is 21.4. The molecule has 0 aliphatic rings. The van der Waals surface area contributed by atoms with Gasteiger partial charge in [0.2, 0.25) is 0 Å². The number of nitrogens with zero attached hydrogens (tertiary/aromatic N) is 1. The Morgan fingerprint density at radius 2 is 1.43 bits per heavy atom. The third-order valence-electron chi connectivity index (χ3n) is 5.65. The maximum Gasteiger partial charge on any atom is 1.00 e. The van der Waals surface area contributed by atoms with Gasteiger partial charge in [-0.2, -0.15) is 0 Å². The standard InChI is InChI=1S/C17H15BrFNO2.C17H13BrFNO2.BH4.Na/c2*1-22-17(21)8-5-12-3-2-4-15(9-12)20-11-13-6-7-14(18)10-16(13)19;;/h2-10,20H,11H2,1H3;2-11H,1H3;1H4;/q;;-1;+1/b8-5+;8-5+,20-11?;;/i11D;;1D4;. The van der Waals surface area contributed by atoms with Crippen LogP contribution in [-0.2, 0) is 25.6 Å². The van der Waals surface area contributed by atoms with Crippen molar-refractivity contribution in [1.82, 2.24) is 0 Å². The Hall–Kier alpha value is -3.35. The predicted octanol–water partition coefficient (Wildman–Crippen LogP) is 4.46. The number of ether oxygens (including phenoxy) is 2. The Morgan fingerprint density at radius 1 is 0.870 bits per heavy atom. The van der Waals surface area contributed by atoms with E-state index in [1.54, 1.807) is 66.7 Å². The first-order chi connectivity index (χ1) is 23.6. The zero-order valence-electron chi connectivity index (χ0n) is 30.2. The molecule has 6 nitrogen and oxygen atoms in total. The van der Waals surface area contributed by atoms with Crippen LogP contribution < -0.4 is 34.9 Å². The van der Waals surface area contributed by atoms with Gasteiger partial charge in [0.1, 0.15) is 11.6 Å². The van der Waals surface area contributed by atoms with Gasteiger partial charge in [-0.25, -0.2) is 23.7 Å². The van der Waals surface area contributed by atoms with Gasteiger partial charge in [0.15, 0.2) is 0 Å². The summed E-state index contributed by atoms with van der Waals surface area (Å²) in [6, 6.07) is 23.7. The predicted molar refractivity (Wildman–Crippen MR) is 189 cm³/mol. The molecule has 0 radical (unpaired) electrons. The van der Waals surface area contributed by atoms with Gasteiger partial charge in [-0.1, -0.05) is 70.5 Å². The summed E-state index contributed by atoms with van der Waals surface area (Å²) in [7, 11) is -0.373. The van der Waals surface area contributed by atoms with Gasteiger partial charge in [-0.15, -0.1) is 0 Å². The minimum Gasteiger partial charge on any atom is -0.466 e. The molecule has 0 aliphatic heterocycles. The molecule has 0 saturated heterocycles. The van der Waals surface area contributed by atoms with E-state index in [4.69, 9.17) is 6.71 Å². The fourth-order valence-electron chi connectivity index (χ4n) is 3.44. The minimum absolute atomic E-state index is 0. The van der Waals surface area contributed by atoms with Gasteiger partial charge in [0.05, 0.1) is 21.3 Å². The zero-order chi connectivity index (χ0) is 37.3. The van der Waals surface area contributed by atoms with E-state index in [-0.39, 0.29) is 40.9 Å². The summed E-state index contributed by atoms with van der Waals surface area (Å²) in [5.41, 5.74) is 3.54. The number of esters is 2. The molecule has 1 atom stereocenters. The van der Waals surface area contributed by atoms with E-state index in [1.165, 1.54) is 44.7 Å². The van der Waals surface area contributed by atoms with Crippen LogP contribution in [-0.4, -0.2) is 46.0 Å². The third kappa shape index (κ3) is 14.4. The Labute approximate surface area is 315 Å². The van der Waals surface area contributed by atoms with Crippen LogP contribution in [0.5, 0.6) is 0 Å². The van der Waals surface area contributed by atoms with E-state index in [2.05, 4.69) is 51.6 Å². The van der Waals surface area contributed by atoms with Crippen molar-refractivity contribution < 1.29 is 58.8 Å². The number of hydrogen-bond donors (Lipinski definition) is 1. The SMILES string of the molecule is COC(=O)/C=C/c1cccc(N=Cc2ccc(Br)cc2F)c1.[2H]C(Nc1cccc(/C=C/C(=O)OC)c1)c1ccc(Br)cc1F.[2H][B-]([2H])([2H])[2H].[Na+]. The van der Waals surface area contributed by atoms with Crippen molar-refractivity contribution in [2.45, 2.75) is 6.52 Å². The van der Waals surface area contributed by atoms with Crippen LogP contribution in [0, 0.1) is 11.6 Å². The summed E-state index contributed by atoms with van der Waals surface area (Å²) in [5.74, 6) is -1.67. The first kappa shape index (κ1) is 32.6. The van der Waals surface area contributed by atoms with Crippen molar-refractivity contribution in [2.75, 3.05) is 19.5 Å². The molecular weight excluding hydrogens is 732 g/mol. The third-order valence-corrected chi connectivity index (χ3v) is 6.64. The number of methoxy groups -OCH3 is 2. The first-order valence-corrected chi connectivity index (χ1v) is 14.5. The van der Waals surface area contributed by atoms with Crippen LogP contribution in [0.1, 0.15) is 23.6 Å². The number of anilines is 1. The fraction of sp³-hybridized carbons (Fsp3) is 0.0882. The molecule has 0 amide bonds. The van der Waals surface area contributed by atoms with Crippen molar-refractivity contribution in [3.63, 3.8) is 0 Å². The van der Waals surface area contributed by atoms with E-state index >= 15 is 0 Å². The van der Waals surface area contributed by atoms with Crippen LogP contribution in [0.3, 0.4) is 0 Å². The number of carbonyl (C=O) groups excluding carboxylic acids is 2. The normalized spacial score (nSPS) is 12.9.